The van der Waals surface area contributed by atoms with Crippen molar-refractivity contribution >= 4 is 23.2 Å². The van der Waals surface area contributed by atoms with E-state index in [-0.39, 0.29) is 11.9 Å². The fourth-order valence-corrected chi connectivity index (χ4v) is 4.45. The third-order valence-electron chi connectivity index (χ3n) is 4.70. The molecule has 1 aromatic heterocycles. The maximum absolute atomic E-state index is 13.2. The molecule has 26 heavy (non-hydrogen) atoms. The molecule has 0 saturated carbocycles. The minimum atomic E-state index is -1.10. The van der Waals surface area contributed by atoms with E-state index in [1.165, 1.54) is 10.5 Å². The molecule has 4 rings (SSSR count). The summed E-state index contributed by atoms with van der Waals surface area (Å²) in [6.07, 6.45) is 0. The zero-order valence-corrected chi connectivity index (χ0v) is 15.5. The molecule has 4 nitrogen and oxygen atoms in total. The van der Waals surface area contributed by atoms with Crippen LogP contribution in [0, 0.1) is 6.92 Å². The van der Waals surface area contributed by atoms with E-state index < -0.39 is 5.54 Å². The second-order valence-corrected chi connectivity index (χ2v) is 7.53. The Hall–Kier alpha value is -2.92. The number of amides is 1. The Balaban J connectivity index is 1.89. The van der Waals surface area contributed by atoms with Gasteiger partial charge in [0.05, 0.1) is 0 Å². The summed E-state index contributed by atoms with van der Waals surface area (Å²) in [6, 6.07) is 22.0. The van der Waals surface area contributed by atoms with Gasteiger partial charge in [-0.15, -0.1) is 11.3 Å². The third-order valence-corrected chi connectivity index (χ3v) is 5.94. The number of thiophene rings is 1. The molecule has 0 fully saturated rings. The lowest BCUT2D eigenvalue weighted by Crippen LogP contribution is -2.40. The first kappa shape index (κ1) is 16.5. The molecule has 0 aliphatic carbocycles. The summed E-state index contributed by atoms with van der Waals surface area (Å²) in [5, 5.41) is 0. The summed E-state index contributed by atoms with van der Waals surface area (Å²) in [5.41, 5.74) is 8.08. The van der Waals surface area contributed by atoms with Crippen LogP contribution in [0.5, 0.6) is 0 Å². The highest BCUT2D eigenvalue weighted by Gasteiger charge is 2.50. The maximum Gasteiger partial charge on any atom is 0.267 e. The number of rotatable bonds is 3. The second-order valence-electron chi connectivity index (χ2n) is 6.44. The molecule has 0 saturated heterocycles. The molecule has 2 heterocycles. The summed E-state index contributed by atoms with van der Waals surface area (Å²) in [4.78, 5) is 21.2. The largest absolute Gasteiger partial charge is 0.369 e. The summed E-state index contributed by atoms with van der Waals surface area (Å²) >= 11 is 1.58. The lowest BCUT2D eigenvalue weighted by atomic mass is 9.88. The van der Waals surface area contributed by atoms with Crippen molar-refractivity contribution in [3.8, 4) is 10.4 Å². The monoisotopic (exact) mass is 361 g/mol. The molecule has 1 unspecified atom stereocenters. The molecule has 2 N–H and O–H groups in total. The van der Waals surface area contributed by atoms with Crippen LogP contribution in [-0.4, -0.2) is 23.8 Å². The lowest BCUT2D eigenvalue weighted by molar-refractivity contribution is -0.129. The van der Waals surface area contributed by atoms with Gasteiger partial charge in [-0.1, -0.05) is 60.2 Å². The molecule has 0 radical (unpaired) electrons. The van der Waals surface area contributed by atoms with Crippen molar-refractivity contribution in [2.75, 3.05) is 7.05 Å². The highest BCUT2D eigenvalue weighted by atomic mass is 32.1. The van der Waals surface area contributed by atoms with Crippen LogP contribution in [0.2, 0.25) is 0 Å². The number of carbonyl (C=O) groups excluding carboxylic acids is 1. The van der Waals surface area contributed by atoms with E-state index >= 15 is 0 Å². The molecule has 1 aliphatic rings. The van der Waals surface area contributed by atoms with Crippen molar-refractivity contribution in [2.45, 2.75) is 12.5 Å². The van der Waals surface area contributed by atoms with Gasteiger partial charge in [0.15, 0.2) is 5.96 Å². The molecule has 0 bridgehead atoms. The molecule has 0 spiro atoms. The number of likely N-dealkylation sites (N-methyl/N-ethyl adjacent to an activating group) is 1. The average Bonchev–Trinajstić information content (AvgIpc) is 3.23. The van der Waals surface area contributed by atoms with Crippen LogP contribution < -0.4 is 5.73 Å². The number of nitrogens with zero attached hydrogens (tertiary/aromatic N) is 2. The lowest BCUT2D eigenvalue weighted by Gasteiger charge is -2.24. The summed E-state index contributed by atoms with van der Waals surface area (Å²) in [6.45, 7) is 2.07. The first-order valence-electron chi connectivity index (χ1n) is 8.39. The van der Waals surface area contributed by atoms with Gasteiger partial charge in [0.25, 0.3) is 5.91 Å². The van der Waals surface area contributed by atoms with Crippen molar-refractivity contribution in [3.05, 3.63) is 82.7 Å². The standard InChI is InChI=1S/C21H19N3OS/c1-14-7-6-8-15(13-14)17-11-12-18(26-17)21(16-9-4-3-5-10-16)19(25)24(2)20(22)23-21/h3-13H,1-2H3,(H2,22,23). The molecule has 3 aromatic rings. The van der Waals surface area contributed by atoms with E-state index in [0.717, 1.165) is 20.9 Å². The number of hydrogen-bond acceptors (Lipinski definition) is 4. The van der Waals surface area contributed by atoms with Gasteiger partial charge in [-0.2, -0.15) is 0 Å². The van der Waals surface area contributed by atoms with Crippen LogP contribution >= 0.6 is 11.3 Å². The van der Waals surface area contributed by atoms with Crippen LogP contribution in [0.15, 0.2) is 71.7 Å². The van der Waals surface area contributed by atoms with Crippen LogP contribution in [0.1, 0.15) is 16.0 Å². The minimum Gasteiger partial charge on any atom is -0.369 e. The van der Waals surface area contributed by atoms with Gasteiger partial charge in [0, 0.05) is 16.8 Å². The zero-order chi connectivity index (χ0) is 18.3. The Labute approximate surface area is 156 Å². The predicted octanol–water partition coefficient (Wildman–Crippen LogP) is 3.75. The number of carbonyl (C=O) groups is 1. The van der Waals surface area contributed by atoms with Gasteiger partial charge in [0.1, 0.15) is 0 Å². The Kier molecular flexibility index (Phi) is 3.89. The maximum atomic E-state index is 13.2. The first-order chi connectivity index (χ1) is 12.5. The molecule has 130 valence electrons. The van der Waals surface area contributed by atoms with Gasteiger partial charge >= 0.3 is 0 Å². The second kappa shape index (κ2) is 6.11. The van der Waals surface area contributed by atoms with Crippen LogP contribution in [0.4, 0.5) is 0 Å². The average molecular weight is 361 g/mol. The summed E-state index contributed by atoms with van der Waals surface area (Å²) < 4.78 is 0. The first-order valence-corrected chi connectivity index (χ1v) is 9.20. The van der Waals surface area contributed by atoms with Gasteiger partial charge in [-0.25, -0.2) is 4.99 Å². The molecular formula is C21H19N3OS. The molecular weight excluding hydrogens is 342 g/mol. The van der Waals surface area contributed by atoms with Gasteiger partial charge in [-0.3, -0.25) is 9.69 Å². The molecule has 1 amide bonds. The number of benzene rings is 2. The number of aryl methyl sites for hydroxylation is 1. The van der Waals surface area contributed by atoms with E-state index in [0.29, 0.717) is 0 Å². The van der Waals surface area contributed by atoms with E-state index in [4.69, 9.17) is 5.73 Å². The Morgan fingerprint density at radius 3 is 2.46 bits per heavy atom. The van der Waals surface area contributed by atoms with E-state index in [1.807, 2.05) is 42.5 Å². The molecule has 2 aromatic carbocycles. The smallest absolute Gasteiger partial charge is 0.267 e. The SMILES string of the molecule is Cc1cccc(-c2ccc(C3(c4ccccc4)N=C(N)N(C)C3=O)s2)c1. The Morgan fingerprint density at radius 2 is 1.81 bits per heavy atom. The van der Waals surface area contributed by atoms with Crippen LogP contribution in [0.3, 0.4) is 0 Å². The fourth-order valence-electron chi connectivity index (χ4n) is 3.30. The molecule has 5 heteroatoms. The van der Waals surface area contributed by atoms with E-state index in [9.17, 15) is 4.79 Å². The summed E-state index contributed by atoms with van der Waals surface area (Å²) in [5.74, 6) is 0.114. The van der Waals surface area contributed by atoms with Gasteiger partial charge in [-0.05, 0) is 30.2 Å². The third kappa shape index (κ3) is 2.44. The fraction of sp³-hybridized carbons (Fsp3) is 0.143. The normalized spacial score (nSPS) is 19.7. The van der Waals surface area contributed by atoms with Crippen molar-refractivity contribution < 1.29 is 4.79 Å². The number of nitrogens with two attached hydrogens (primary N) is 1. The summed E-state index contributed by atoms with van der Waals surface area (Å²) in [7, 11) is 1.67. The molecule has 1 atom stereocenters. The highest BCUT2D eigenvalue weighted by molar-refractivity contribution is 7.15. The number of guanidine groups is 1. The van der Waals surface area contributed by atoms with Crippen molar-refractivity contribution in [2.24, 2.45) is 10.7 Å². The van der Waals surface area contributed by atoms with Gasteiger partial charge < -0.3 is 5.73 Å². The van der Waals surface area contributed by atoms with E-state index in [2.05, 4.69) is 36.2 Å². The Bertz CT molecular complexity index is 1010. The van der Waals surface area contributed by atoms with E-state index in [1.54, 1.807) is 18.4 Å². The predicted molar refractivity (Wildman–Crippen MR) is 106 cm³/mol. The van der Waals surface area contributed by atoms with Gasteiger partial charge in [0.2, 0.25) is 5.54 Å². The number of aliphatic imine (C=N–C) groups is 1. The number of hydrogen-bond donors (Lipinski definition) is 1. The highest BCUT2D eigenvalue weighted by Crippen LogP contribution is 2.44. The van der Waals surface area contributed by atoms with Crippen LogP contribution in [0.25, 0.3) is 10.4 Å². The minimum absolute atomic E-state index is 0.126. The topological polar surface area (TPSA) is 58.7 Å². The molecule has 1 aliphatic heterocycles. The zero-order valence-electron chi connectivity index (χ0n) is 14.6. The van der Waals surface area contributed by atoms with Crippen molar-refractivity contribution in [3.63, 3.8) is 0 Å². The quantitative estimate of drug-likeness (QED) is 0.772. The van der Waals surface area contributed by atoms with Crippen LogP contribution in [-0.2, 0) is 10.3 Å². The van der Waals surface area contributed by atoms with Crippen molar-refractivity contribution in [1.82, 2.24) is 4.90 Å². The Morgan fingerprint density at radius 1 is 1.04 bits per heavy atom. The van der Waals surface area contributed by atoms with Crippen molar-refractivity contribution in [1.29, 1.82) is 0 Å².